The fourth-order valence-electron chi connectivity index (χ4n) is 1.63. The van der Waals surface area contributed by atoms with E-state index >= 15 is 0 Å². The van der Waals surface area contributed by atoms with Crippen molar-refractivity contribution in [3.05, 3.63) is 53.9 Å². The Kier molecular flexibility index (Phi) is 4.06. The average Bonchev–Trinajstić information content (AvgIpc) is 2.85. The van der Waals surface area contributed by atoms with E-state index in [1.54, 1.807) is 30.6 Å². The summed E-state index contributed by atoms with van der Waals surface area (Å²) in [4.78, 5) is 18.6. The van der Waals surface area contributed by atoms with E-state index in [1.165, 1.54) is 6.07 Å². The summed E-state index contributed by atoms with van der Waals surface area (Å²) in [5.41, 5.74) is 0.410. The van der Waals surface area contributed by atoms with Crippen molar-refractivity contribution in [3.63, 3.8) is 0 Å². The molecule has 0 radical (unpaired) electrons. The van der Waals surface area contributed by atoms with Gasteiger partial charge in [-0.05, 0) is 11.6 Å². The summed E-state index contributed by atoms with van der Waals surface area (Å²) < 4.78 is 13.3. The van der Waals surface area contributed by atoms with Crippen LogP contribution in [0.1, 0.15) is 11.4 Å². The number of carbonyl (C=O) groups is 1. The topological polar surface area (TPSA) is 57.8 Å². The molecule has 5 heteroatoms. The molecule has 0 aliphatic carbocycles. The number of amides is 1. The third-order valence-electron chi connectivity index (χ3n) is 2.55. The Bertz CT molecular complexity index is 511. The summed E-state index contributed by atoms with van der Waals surface area (Å²) in [5, 5.41) is 2.73. The molecule has 0 aliphatic rings. The molecule has 18 heavy (non-hydrogen) atoms. The van der Waals surface area contributed by atoms with Crippen molar-refractivity contribution < 1.29 is 9.18 Å². The zero-order chi connectivity index (χ0) is 12.8. The molecule has 2 rings (SSSR count). The zero-order valence-electron chi connectivity index (χ0n) is 9.82. The molecule has 1 aromatic heterocycles. The van der Waals surface area contributed by atoms with E-state index in [-0.39, 0.29) is 18.1 Å². The van der Waals surface area contributed by atoms with E-state index < -0.39 is 0 Å². The largest absolute Gasteiger partial charge is 0.355 e. The van der Waals surface area contributed by atoms with Gasteiger partial charge < -0.3 is 10.3 Å². The number of rotatable bonds is 5. The summed E-state index contributed by atoms with van der Waals surface area (Å²) in [7, 11) is 0. The number of H-pyrrole nitrogens is 1. The Morgan fingerprint density at radius 2 is 2.22 bits per heavy atom. The lowest BCUT2D eigenvalue weighted by molar-refractivity contribution is -0.120. The number of aromatic nitrogens is 2. The fraction of sp³-hybridized carbons (Fsp3) is 0.231. The molecular formula is C13H14FN3O. The number of carbonyl (C=O) groups excluding carboxylic acids is 1. The second-order valence-corrected chi connectivity index (χ2v) is 3.90. The second-order valence-electron chi connectivity index (χ2n) is 3.90. The van der Waals surface area contributed by atoms with E-state index in [4.69, 9.17) is 0 Å². The molecule has 1 amide bonds. The molecular weight excluding hydrogens is 233 g/mol. The Balaban J connectivity index is 1.77. The SMILES string of the molecule is O=C(Cc1ccccc1F)NCCc1ncc[nH]1. The number of benzene rings is 1. The van der Waals surface area contributed by atoms with Crippen molar-refractivity contribution >= 4 is 5.91 Å². The minimum absolute atomic E-state index is 0.0603. The predicted molar refractivity (Wildman–Crippen MR) is 65.4 cm³/mol. The van der Waals surface area contributed by atoms with Crippen LogP contribution < -0.4 is 5.32 Å². The minimum Gasteiger partial charge on any atom is -0.355 e. The summed E-state index contributed by atoms with van der Waals surface area (Å²) in [6, 6.07) is 6.29. The molecule has 1 aromatic carbocycles. The van der Waals surface area contributed by atoms with Gasteiger partial charge in [0.2, 0.25) is 5.91 Å². The number of hydrogen-bond acceptors (Lipinski definition) is 2. The van der Waals surface area contributed by atoms with E-state index in [0.29, 0.717) is 18.5 Å². The van der Waals surface area contributed by atoms with Gasteiger partial charge in [-0.1, -0.05) is 18.2 Å². The smallest absolute Gasteiger partial charge is 0.224 e. The first kappa shape index (κ1) is 12.3. The zero-order valence-corrected chi connectivity index (χ0v) is 9.82. The predicted octanol–water partition coefficient (Wildman–Crippen LogP) is 1.45. The first-order valence-electron chi connectivity index (χ1n) is 5.74. The Morgan fingerprint density at radius 1 is 1.39 bits per heavy atom. The van der Waals surface area contributed by atoms with Crippen LogP contribution in [0.2, 0.25) is 0 Å². The van der Waals surface area contributed by atoms with Gasteiger partial charge in [0.15, 0.2) is 0 Å². The van der Waals surface area contributed by atoms with Crippen LogP contribution in [0.5, 0.6) is 0 Å². The molecule has 0 saturated carbocycles. The number of nitrogens with one attached hydrogen (secondary N) is 2. The van der Waals surface area contributed by atoms with Crippen LogP contribution in [-0.2, 0) is 17.6 Å². The summed E-state index contributed by atoms with van der Waals surface area (Å²) >= 11 is 0. The molecule has 0 bridgehead atoms. The van der Waals surface area contributed by atoms with Gasteiger partial charge in [-0.25, -0.2) is 9.37 Å². The highest BCUT2D eigenvalue weighted by Crippen LogP contribution is 2.06. The minimum atomic E-state index is -0.348. The van der Waals surface area contributed by atoms with Gasteiger partial charge in [0, 0.05) is 25.4 Å². The van der Waals surface area contributed by atoms with Crippen molar-refractivity contribution in [1.82, 2.24) is 15.3 Å². The number of nitrogens with zero attached hydrogens (tertiary/aromatic N) is 1. The molecule has 2 N–H and O–H groups in total. The van der Waals surface area contributed by atoms with Crippen molar-refractivity contribution in [3.8, 4) is 0 Å². The standard InChI is InChI=1S/C13H14FN3O/c14-11-4-2-1-3-10(11)9-13(18)17-6-5-12-15-7-8-16-12/h1-4,7-8H,5-6,9H2,(H,15,16)(H,17,18). The van der Waals surface area contributed by atoms with Crippen molar-refractivity contribution in [1.29, 1.82) is 0 Å². The van der Waals surface area contributed by atoms with Crippen LogP contribution in [0, 0.1) is 5.82 Å². The van der Waals surface area contributed by atoms with Crippen LogP contribution in [0.3, 0.4) is 0 Å². The van der Waals surface area contributed by atoms with E-state index in [0.717, 1.165) is 5.82 Å². The van der Waals surface area contributed by atoms with Crippen LogP contribution >= 0.6 is 0 Å². The monoisotopic (exact) mass is 247 g/mol. The van der Waals surface area contributed by atoms with Gasteiger partial charge in [0.05, 0.1) is 6.42 Å². The number of hydrogen-bond donors (Lipinski definition) is 2. The maximum absolute atomic E-state index is 13.3. The normalized spacial score (nSPS) is 10.3. The molecule has 0 saturated heterocycles. The van der Waals surface area contributed by atoms with Gasteiger partial charge in [-0.15, -0.1) is 0 Å². The van der Waals surface area contributed by atoms with Gasteiger partial charge >= 0.3 is 0 Å². The molecule has 0 fully saturated rings. The van der Waals surface area contributed by atoms with Crippen molar-refractivity contribution in [2.45, 2.75) is 12.8 Å². The van der Waals surface area contributed by atoms with Crippen LogP contribution in [0.15, 0.2) is 36.7 Å². The summed E-state index contributed by atoms with van der Waals surface area (Å²) in [6.45, 7) is 0.487. The number of aromatic amines is 1. The lowest BCUT2D eigenvalue weighted by Gasteiger charge is -2.05. The highest BCUT2D eigenvalue weighted by molar-refractivity contribution is 5.78. The van der Waals surface area contributed by atoms with E-state index in [9.17, 15) is 9.18 Å². The highest BCUT2D eigenvalue weighted by atomic mass is 19.1. The molecule has 0 atom stereocenters. The summed E-state index contributed by atoms with van der Waals surface area (Å²) in [5.74, 6) is 0.284. The first-order valence-corrected chi connectivity index (χ1v) is 5.74. The number of imidazole rings is 1. The molecule has 94 valence electrons. The molecule has 1 heterocycles. The van der Waals surface area contributed by atoms with Crippen LogP contribution in [0.25, 0.3) is 0 Å². The Hall–Kier alpha value is -2.17. The van der Waals surface area contributed by atoms with Crippen molar-refractivity contribution in [2.24, 2.45) is 0 Å². The Labute approximate surface area is 104 Å². The van der Waals surface area contributed by atoms with Crippen LogP contribution in [0.4, 0.5) is 4.39 Å². The summed E-state index contributed by atoms with van der Waals surface area (Å²) in [6.07, 6.45) is 4.09. The third kappa shape index (κ3) is 3.41. The van der Waals surface area contributed by atoms with Crippen LogP contribution in [-0.4, -0.2) is 22.4 Å². The highest BCUT2D eigenvalue weighted by Gasteiger charge is 2.07. The van der Waals surface area contributed by atoms with Crippen molar-refractivity contribution in [2.75, 3.05) is 6.54 Å². The number of halogens is 1. The lowest BCUT2D eigenvalue weighted by Crippen LogP contribution is -2.27. The lowest BCUT2D eigenvalue weighted by atomic mass is 10.1. The van der Waals surface area contributed by atoms with Gasteiger partial charge in [-0.3, -0.25) is 4.79 Å². The van der Waals surface area contributed by atoms with Gasteiger partial charge in [-0.2, -0.15) is 0 Å². The second kappa shape index (κ2) is 5.95. The van der Waals surface area contributed by atoms with Gasteiger partial charge in [0.25, 0.3) is 0 Å². The maximum Gasteiger partial charge on any atom is 0.224 e. The Morgan fingerprint density at radius 3 is 2.94 bits per heavy atom. The maximum atomic E-state index is 13.3. The molecule has 0 aliphatic heterocycles. The first-order chi connectivity index (χ1) is 8.75. The quantitative estimate of drug-likeness (QED) is 0.840. The molecule has 0 unspecified atom stereocenters. The third-order valence-corrected chi connectivity index (χ3v) is 2.55. The van der Waals surface area contributed by atoms with Gasteiger partial charge in [0.1, 0.15) is 11.6 Å². The molecule has 0 spiro atoms. The van der Waals surface area contributed by atoms with E-state index in [2.05, 4.69) is 15.3 Å². The fourth-order valence-corrected chi connectivity index (χ4v) is 1.63. The molecule has 4 nitrogen and oxygen atoms in total. The molecule has 2 aromatic rings. The average molecular weight is 247 g/mol. The van der Waals surface area contributed by atoms with E-state index in [1.807, 2.05) is 0 Å².